The number of nitrogens with one attached hydrogen (secondary N) is 2. The highest BCUT2D eigenvalue weighted by molar-refractivity contribution is 7.92. The highest BCUT2D eigenvalue weighted by atomic mass is 35.5. The maximum Gasteiger partial charge on any atom is 0.262 e. The van der Waals surface area contributed by atoms with Crippen LogP contribution in [0, 0.1) is 20.8 Å². The van der Waals surface area contributed by atoms with E-state index in [0.717, 1.165) is 11.1 Å². The van der Waals surface area contributed by atoms with E-state index >= 15 is 0 Å². The van der Waals surface area contributed by atoms with Crippen LogP contribution in [0.25, 0.3) is 0 Å². The number of hydrogen-bond donors (Lipinski definition) is 2. The van der Waals surface area contributed by atoms with Gasteiger partial charge in [-0.15, -0.1) is 0 Å². The van der Waals surface area contributed by atoms with E-state index in [1.807, 2.05) is 26.0 Å². The molecule has 0 radical (unpaired) electrons. The molecule has 0 aromatic heterocycles. The van der Waals surface area contributed by atoms with Crippen molar-refractivity contribution in [2.75, 3.05) is 10.0 Å². The van der Waals surface area contributed by atoms with Crippen molar-refractivity contribution in [3.63, 3.8) is 0 Å². The zero-order valence-electron chi connectivity index (χ0n) is 16.3. The van der Waals surface area contributed by atoms with Gasteiger partial charge in [0.1, 0.15) is 0 Å². The fraction of sp³-hybridized carbons (Fsp3) is 0.136. The number of benzene rings is 3. The molecule has 0 heterocycles. The average Bonchev–Trinajstić information content (AvgIpc) is 2.67. The Bertz CT molecular complexity index is 1190. The third-order valence-electron chi connectivity index (χ3n) is 4.70. The summed E-state index contributed by atoms with van der Waals surface area (Å²) in [6, 6.07) is 16.9. The Hall–Kier alpha value is -2.83. The molecule has 0 aliphatic heterocycles. The Labute approximate surface area is 175 Å². The molecule has 29 heavy (non-hydrogen) atoms. The first-order valence-corrected chi connectivity index (χ1v) is 10.8. The van der Waals surface area contributed by atoms with E-state index < -0.39 is 10.0 Å². The summed E-state index contributed by atoms with van der Waals surface area (Å²) in [6.45, 7) is 5.50. The second-order valence-electron chi connectivity index (χ2n) is 6.77. The zero-order valence-corrected chi connectivity index (χ0v) is 17.9. The van der Waals surface area contributed by atoms with E-state index in [1.54, 1.807) is 49.4 Å². The fourth-order valence-electron chi connectivity index (χ4n) is 2.91. The third-order valence-corrected chi connectivity index (χ3v) is 6.54. The van der Waals surface area contributed by atoms with E-state index in [1.165, 1.54) is 6.07 Å². The zero-order chi connectivity index (χ0) is 21.2. The summed E-state index contributed by atoms with van der Waals surface area (Å²) >= 11 is 6.07. The van der Waals surface area contributed by atoms with Gasteiger partial charge in [-0.05, 0) is 67.8 Å². The summed E-state index contributed by atoms with van der Waals surface area (Å²) in [5.41, 5.74) is 3.66. The van der Waals surface area contributed by atoms with E-state index in [4.69, 9.17) is 11.6 Å². The topological polar surface area (TPSA) is 75.3 Å². The molecule has 0 unspecified atom stereocenters. The lowest BCUT2D eigenvalue weighted by Gasteiger charge is -2.14. The van der Waals surface area contributed by atoms with Crippen molar-refractivity contribution < 1.29 is 13.2 Å². The minimum atomic E-state index is -3.89. The van der Waals surface area contributed by atoms with E-state index in [-0.39, 0.29) is 10.8 Å². The molecule has 3 aromatic carbocycles. The van der Waals surface area contributed by atoms with Crippen molar-refractivity contribution in [2.45, 2.75) is 25.7 Å². The van der Waals surface area contributed by atoms with Gasteiger partial charge in [0.05, 0.1) is 15.6 Å². The van der Waals surface area contributed by atoms with Crippen molar-refractivity contribution in [3.05, 3.63) is 87.9 Å². The molecule has 0 aliphatic carbocycles. The van der Waals surface area contributed by atoms with Crippen LogP contribution in [0.15, 0.2) is 65.6 Å². The number of halogens is 1. The molecule has 0 saturated heterocycles. The van der Waals surface area contributed by atoms with Crippen LogP contribution in [-0.4, -0.2) is 14.3 Å². The van der Waals surface area contributed by atoms with Crippen LogP contribution in [0.2, 0.25) is 5.02 Å². The standard InChI is InChI=1S/C22H21ClN2O3S/c1-14-7-6-8-18(16(14)3)22(26)24-17-12-11-15(2)21(13-17)29(27,28)25-20-10-5-4-9-19(20)23/h4-13,25H,1-3H3,(H,24,26). The molecule has 0 saturated carbocycles. The van der Waals surface area contributed by atoms with Crippen LogP contribution in [0.4, 0.5) is 11.4 Å². The summed E-state index contributed by atoms with van der Waals surface area (Å²) in [5, 5.41) is 3.08. The molecule has 5 nitrogen and oxygen atoms in total. The molecule has 0 atom stereocenters. The first-order valence-electron chi connectivity index (χ1n) is 8.94. The van der Waals surface area contributed by atoms with E-state index in [9.17, 15) is 13.2 Å². The summed E-state index contributed by atoms with van der Waals surface area (Å²) in [6.07, 6.45) is 0. The van der Waals surface area contributed by atoms with Gasteiger partial charge < -0.3 is 5.32 Å². The van der Waals surface area contributed by atoms with Gasteiger partial charge in [-0.1, -0.05) is 41.9 Å². The first kappa shape index (κ1) is 20.9. The van der Waals surface area contributed by atoms with Crippen molar-refractivity contribution in [1.29, 1.82) is 0 Å². The molecule has 150 valence electrons. The van der Waals surface area contributed by atoms with Gasteiger partial charge in [0.25, 0.3) is 15.9 Å². The number of carbonyl (C=O) groups excluding carboxylic acids is 1. The molecule has 0 fully saturated rings. The minimum Gasteiger partial charge on any atom is -0.322 e. The predicted octanol–water partition coefficient (Wildman–Crippen LogP) is 5.32. The summed E-state index contributed by atoms with van der Waals surface area (Å²) in [4.78, 5) is 12.7. The van der Waals surface area contributed by atoms with Gasteiger partial charge >= 0.3 is 0 Å². The van der Waals surface area contributed by atoms with Crippen molar-refractivity contribution >= 4 is 38.9 Å². The second kappa shape index (κ2) is 8.27. The number of sulfonamides is 1. The Balaban J connectivity index is 1.91. The van der Waals surface area contributed by atoms with Crippen molar-refractivity contribution in [3.8, 4) is 0 Å². The molecule has 7 heteroatoms. The molecule has 0 bridgehead atoms. The quantitative estimate of drug-likeness (QED) is 0.577. The Morgan fingerprint density at radius 3 is 2.34 bits per heavy atom. The number of rotatable bonds is 5. The lowest BCUT2D eigenvalue weighted by Crippen LogP contribution is -2.17. The molecule has 1 amide bonds. The highest BCUT2D eigenvalue weighted by Crippen LogP contribution is 2.27. The fourth-order valence-corrected chi connectivity index (χ4v) is 4.50. The van der Waals surface area contributed by atoms with E-state index in [0.29, 0.717) is 27.5 Å². The summed E-state index contributed by atoms with van der Waals surface area (Å²) < 4.78 is 28.3. The molecular weight excluding hydrogens is 408 g/mol. The molecule has 3 rings (SSSR count). The third kappa shape index (κ3) is 4.60. The number of para-hydroxylation sites is 1. The summed E-state index contributed by atoms with van der Waals surface area (Å²) in [7, 11) is -3.89. The lowest BCUT2D eigenvalue weighted by atomic mass is 10.0. The van der Waals surface area contributed by atoms with Gasteiger partial charge in [-0.2, -0.15) is 0 Å². The van der Waals surface area contributed by atoms with Crippen molar-refractivity contribution in [1.82, 2.24) is 0 Å². The maximum atomic E-state index is 12.9. The molecular formula is C22H21ClN2O3S. The van der Waals surface area contributed by atoms with Crippen molar-refractivity contribution in [2.24, 2.45) is 0 Å². The monoisotopic (exact) mass is 428 g/mol. The van der Waals surface area contributed by atoms with Crippen LogP contribution < -0.4 is 10.0 Å². The van der Waals surface area contributed by atoms with E-state index in [2.05, 4.69) is 10.0 Å². The number of amides is 1. The number of hydrogen-bond acceptors (Lipinski definition) is 3. The number of anilines is 2. The smallest absolute Gasteiger partial charge is 0.262 e. The Morgan fingerprint density at radius 2 is 1.62 bits per heavy atom. The van der Waals surface area contributed by atoms with Gasteiger partial charge in [0.15, 0.2) is 0 Å². The lowest BCUT2D eigenvalue weighted by molar-refractivity contribution is 0.102. The second-order valence-corrected chi connectivity index (χ2v) is 8.83. The number of carbonyl (C=O) groups is 1. The van der Waals surface area contributed by atoms with Crippen LogP contribution in [-0.2, 0) is 10.0 Å². The largest absolute Gasteiger partial charge is 0.322 e. The predicted molar refractivity (Wildman–Crippen MR) is 117 cm³/mol. The average molecular weight is 429 g/mol. The minimum absolute atomic E-state index is 0.0659. The van der Waals surface area contributed by atoms with Gasteiger partial charge in [0.2, 0.25) is 0 Å². The van der Waals surface area contributed by atoms with Gasteiger partial charge in [-0.3, -0.25) is 9.52 Å². The maximum absolute atomic E-state index is 12.9. The first-order chi connectivity index (χ1) is 13.7. The summed E-state index contributed by atoms with van der Waals surface area (Å²) in [5.74, 6) is -0.294. The van der Waals surface area contributed by atoms with Crippen LogP contribution >= 0.6 is 11.6 Å². The number of aryl methyl sites for hydroxylation is 2. The Kier molecular flexibility index (Phi) is 5.96. The SMILES string of the molecule is Cc1ccc(NC(=O)c2cccc(C)c2C)cc1S(=O)(=O)Nc1ccccc1Cl. The molecule has 0 spiro atoms. The van der Waals surface area contributed by atoms with Crippen LogP contribution in [0.3, 0.4) is 0 Å². The van der Waals surface area contributed by atoms with Gasteiger partial charge in [-0.25, -0.2) is 8.42 Å². The normalized spacial score (nSPS) is 11.2. The van der Waals surface area contributed by atoms with Crippen LogP contribution in [0.5, 0.6) is 0 Å². The highest BCUT2D eigenvalue weighted by Gasteiger charge is 2.20. The molecule has 2 N–H and O–H groups in total. The van der Waals surface area contributed by atoms with Crippen LogP contribution in [0.1, 0.15) is 27.0 Å². The Morgan fingerprint density at radius 1 is 0.897 bits per heavy atom. The molecule has 0 aliphatic rings. The molecule has 3 aromatic rings. The van der Waals surface area contributed by atoms with Gasteiger partial charge in [0, 0.05) is 11.3 Å².